The van der Waals surface area contributed by atoms with Gasteiger partial charge in [-0.05, 0) is 25.5 Å². The number of unbranched alkanes of at least 4 members (excludes halogenated alkanes) is 1. The fourth-order valence-electron chi connectivity index (χ4n) is 1.88. The molecule has 0 fully saturated rings. The van der Waals surface area contributed by atoms with E-state index in [2.05, 4.69) is 35.5 Å². The van der Waals surface area contributed by atoms with E-state index in [4.69, 9.17) is 4.74 Å². The molecule has 0 bridgehead atoms. The van der Waals surface area contributed by atoms with Crippen LogP contribution in [0.2, 0.25) is 0 Å². The Morgan fingerprint density at radius 3 is 2.94 bits per heavy atom. The molecule has 0 aliphatic rings. The Labute approximate surface area is 108 Å². The van der Waals surface area contributed by atoms with E-state index in [1.807, 2.05) is 24.5 Å². The van der Waals surface area contributed by atoms with Gasteiger partial charge in [0.1, 0.15) is 11.6 Å². The second kappa shape index (κ2) is 6.24. The molecule has 0 saturated heterocycles. The fraction of sp³-hybridized carbons (Fsp3) is 0.400. The summed E-state index contributed by atoms with van der Waals surface area (Å²) in [5.74, 6) is 1.92. The van der Waals surface area contributed by atoms with Crippen molar-refractivity contribution in [1.82, 2.24) is 9.55 Å². The summed E-state index contributed by atoms with van der Waals surface area (Å²) in [6, 6.07) is 8.15. The van der Waals surface area contributed by atoms with Crippen LogP contribution in [0.1, 0.15) is 26.7 Å². The van der Waals surface area contributed by atoms with Crippen LogP contribution in [0, 0.1) is 0 Å². The molecular formula is C15H20N2O. The van der Waals surface area contributed by atoms with Gasteiger partial charge in [-0.1, -0.05) is 25.5 Å². The second-order valence-corrected chi connectivity index (χ2v) is 4.27. The molecule has 0 spiro atoms. The van der Waals surface area contributed by atoms with Crippen molar-refractivity contribution in [2.75, 3.05) is 6.61 Å². The number of imidazole rings is 1. The lowest BCUT2D eigenvalue weighted by molar-refractivity contribution is 0.309. The highest BCUT2D eigenvalue weighted by atomic mass is 16.5. The van der Waals surface area contributed by atoms with Gasteiger partial charge in [0.2, 0.25) is 0 Å². The fourth-order valence-corrected chi connectivity index (χ4v) is 1.88. The van der Waals surface area contributed by atoms with Gasteiger partial charge in [0.05, 0.1) is 6.61 Å². The summed E-state index contributed by atoms with van der Waals surface area (Å²) in [5.41, 5.74) is 1.11. The Hall–Kier alpha value is -1.77. The number of aromatic nitrogens is 2. The van der Waals surface area contributed by atoms with Crippen LogP contribution in [0.25, 0.3) is 11.4 Å². The monoisotopic (exact) mass is 244 g/mol. The quantitative estimate of drug-likeness (QED) is 0.724. The first-order valence-corrected chi connectivity index (χ1v) is 6.59. The third-order valence-electron chi connectivity index (χ3n) is 2.92. The molecule has 0 saturated carbocycles. The molecule has 96 valence electrons. The van der Waals surface area contributed by atoms with Crippen molar-refractivity contribution in [1.29, 1.82) is 0 Å². The summed E-state index contributed by atoms with van der Waals surface area (Å²) in [5, 5.41) is 0. The number of nitrogens with zero attached hydrogens (tertiary/aromatic N) is 2. The maximum absolute atomic E-state index is 5.72. The minimum absolute atomic E-state index is 0.780. The largest absolute Gasteiger partial charge is 0.494 e. The zero-order valence-corrected chi connectivity index (χ0v) is 11.1. The van der Waals surface area contributed by atoms with Crippen LogP contribution in [0.5, 0.6) is 5.75 Å². The molecule has 0 unspecified atom stereocenters. The lowest BCUT2D eigenvalue weighted by Crippen LogP contribution is -1.98. The minimum Gasteiger partial charge on any atom is -0.494 e. The third kappa shape index (κ3) is 2.92. The predicted octanol–water partition coefficient (Wildman–Crippen LogP) is 3.75. The van der Waals surface area contributed by atoms with Gasteiger partial charge in [0.15, 0.2) is 0 Å². The predicted molar refractivity (Wildman–Crippen MR) is 73.7 cm³/mol. The van der Waals surface area contributed by atoms with Gasteiger partial charge >= 0.3 is 0 Å². The lowest BCUT2D eigenvalue weighted by atomic mass is 10.2. The third-order valence-corrected chi connectivity index (χ3v) is 2.92. The molecule has 2 aromatic rings. The highest BCUT2D eigenvalue weighted by Crippen LogP contribution is 2.22. The summed E-state index contributed by atoms with van der Waals surface area (Å²) in [7, 11) is 0. The maximum atomic E-state index is 5.72. The van der Waals surface area contributed by atoms with Crippen molar-refractivity contribution in [2.45, 2.75) is 33.2 Å². The molecule has 0 radical (unpaired) electrons. The van der Waals surface area contributed by atoms with Gasteiger partial charge in [-0.15, -0.1) is 0 Å². The Morgan fingerprint density at radius 2 is 2.17 bits per heavy atom. The zero-order valence-electron chi connectivity index (χ0n) is 11.1. The van der Waals surface area contributed by atoms with Gasteiger partial charge in [-0.2, -0.15) is 0 Å². The topological polar surface area (TPSA) is 27.1 Å². The van der Waals surface area contributed by atoms with Gasteiger partial charge in [-0.3, -0.25) is 0 Å². The van der Waals surface area contributed by atoms with Gasteiger partial charge in [0.25, 0.3) is 0 Å². The highest BCUT2D eigenvalue weighted by Gasteiger charge is 2.05. The molecule has 0 aliphatic carbocycles. The summed E-state index contributed by atoms with van der Waals surface area (Å²) in [6.07, 6.45) is 6.08. The Bertz CT molecular complexity index is 491. The van der Waals surface area contributed by atoms with Gasteiger partial charge in [-0.25, -0.2) is 4.98 Å². The summed E-state index contributed by atoms with van der Waals surface area (Å²) in [6.45, 7) is 5.99. The van der Waals surface area contributed by atoms with E-state index in [1.165, 1.54) is 0 Å². The molecule has 1 aromatic heterocycles. The number of hydrogen-bond acceptors (Lipinski definition) is 2. The average molecular weight is 244 g/mol. The van der Waals surface area contributed by atoms with E-state index in [-0.39, 0.29) is 0 Å². The van der Waals surface area contributed by atoms with Crippen molar-refractivity contribution in [3.63, 3.8) is 0 Å². The number of ether oxygens (including phenoxy) is 1. The van der Waals surface area contributed by atoms with Crippen LogP contribution in [-0.2, 0) is 6.54 Å². The first-order chi connectivity index (χ1) is 8.85. The van der Waals surface area contributed by atoms with Crippen molar-refractivity contribution >= 4 is 0 Å². The first-order valence-electron chi connectivity index (χ1n) is 6.59. The number of rotatable bonds is 6. The van der Waals surface area contributed by atoms with Gasteiger partial charge in [0, 0.05) is 24.5 Å². The van der Waals surface area contributed by atoms with E-state index in [0.717, 1.165) is 43.1 Å². The highest BCUT2D eigenvalue weighted by molar-refractivity contribution is 5.58. The molecule has 3 nitrogen and oxygen atoms in total. The molecule has 0 amide bonds. The van der Waals surface area contributed by atoms with Crippen LogP contribution in [0.15, 0.2) is 36.7 Å². The standard InChI is InChI=1S/C15H20N2O/c1-3-5-11-18-14-8-6-7-13(12-14)15-16-9-10-17(15)4-2/h6-10,12H,3-5,11H2,1-2H3. The van der Waals surface area contributed by atoms with Crippen LogP contribution in [0.4, 0.5) is 0 Å². The van der Waals surface area contributed by atoms with Crippen molar-refractivity contribution in [2.24, 2.45) is 0 Å². The van der Waals surface area contributed by atoms with Crippen LogP contribution in [0.3, 0.4) is 0 Å². The number of hydrogen-bond donors (Lipinski definition) is 0. The second-order valence-electron chi connectivity index (χ2n) is 4.27. The van der Waals surface area contributed by atoms with Crippen molar-refractivity contribution in [3.8, 4) is 17.1 Å². The summed E-state index contributed by atoms with van der Waals surface area (Å²) < 4.78 is 7.85. The molecular weight excluding hydrogens is 224 g/mol. The first kappa shape index (κ1) is 12.7. The number of aryl methyl sites for hydroxylation is 1. The molecule has 0 atom stereocenters. The molecule has 3 heteroatoms. The molecule has 1 aromatic carbocycles. The SMILES string of the molecule is CCCCOc1cccc(-c2nccn2CC)c1. The smallest absolute Gasteiger partial charge is 0.140 e. The number of benzene rings is 1. The molecule has 1 heterocycles. The van der Waals surface area contributed by atoms with E-state index in [0.29, 0.717) is 0 Å². The molecule has 0 aliphatic heterocycles. The van der Waals surface area contributed by atoms with E-state index < -0.39 is 0 Å². The molecule has 0 N–H and O–H groups in total. The van der Waals surface area contributed by atoms with Crippen LogP contribution >= 0.6 is 0 Å². The van der Waals surface area contributed by atoms with E-state index in [9.17, 15) is 0 Å². The Morgan fingerprint density at radius 1 is 1.28 bits per heavy atom. The maximum Gasteiger partial charge on any atom is 0.140 e. The lowest BCUT2D eigenvalue weighted by Gasteiger charge is -2.08. The molecule has 18 heavy (non-hydrogen) atoms. The normalized spacial score (nSPS) is 10.6. The van der Waals surface area contributed by atoms with Crippen molar-refractivity contribution < 1.29 is 4.74 Å². The van der Waals surface area contributed by atoms with Gasteiger partial charge < -0.3 is 9.30 Å². The minimum atomic E-state index is 0.780. The van der Waals surface area contributed by atoms with E-state index >= 15 is 0 Å². The zero-order chi connectivity index (χ0) is 12.8. The van der Waals surface area contributed by atoms with Crippen LogP contribution in [-0.4, -0.2) is 16.2 Å². The van der Waals surface area contributed by atoms with Crippen LogP contribution < -0.4 is 4.74 Å². The van der Waals surface area contributed by atoms with Crippen molar-refractivity contribution in [3.05, 3.63) is 36.7 Å². The average Bonchev–Trinajstić information content (AvgIpc) is 2.88. The summed E-state index contributed by atoms with van der Waals surface area (Å²) >= 11 is 0. The Kier molecular flexibility index (Phi) is 4.40. The Balaban J connectivity index is 2.16. The molecule has 2 rings (SSSR count). The summed E-state index contributed by atoms with van der Waals surface area (Å²) in [4.78, 5) is 4.40. The van der Waals surface area contributed by atoms with E-state index in [1.54, 1.807) is 0 Å².